The molecule has 0 spiro atoms. The lowest BCUT2D eigenvalue weighted by atomic mass is 9.93. The summed E-state index contributed by atoms with van der Waals surface area (Å²) >= 11 is 4.15. The van der Waals surface area contributed by atoms with Crippen molar-refractivity contribution in [1.82, 2.24) is 0 Å². The molecule has 3 aromatic carbocycles. The molecule has 142 valence electrons. The van der Waals surface area contributed by atoms with E-state index in [2.05, 4.69) is 17.9 Å². The first-order valence-electron chi connectivity index (χ1n) is 8.92. The second kappa shape index (κ2) is 8.76. The summed E-state index contributed by atoms with van der Waals surface area (Å²) in [6.45, 7) is 1.88. The minimum Gasteiger partial charge on any atom is -0.480 e. The summed E-state index contributed by atoms with van der Waals surface area (Å²) in [6, 6.07) is 21.4. The number of benzene rings is 3. The molecule has 0 aromatic heterocycles. The second-order valence-corrected chi connectivity index (χ2v) is 6.82. The lowest BCUT2D eigenvalue weighted by Gasteiger charge is -2.20. The van der Waals surface area contributed by atoms with Crippen LogP contribution in [0.1, 0.15) is 21.5 Å². The largest absolute Gasteiger partial charge is 0.480 e. The predicted octanol–water partition coefficient (Wildman–Crippen LogP) is 4.69. The minimum atomic E-state index is -1.02. The molecule has 5 heteroatoms. The molecule has 0 radical (unpaired) electrons. The summed E-state index contributed by atoms with van der Waals surface area (Å²) in [5, 5.41) is 12.5. The summed E-state index contributed by atoms with van der Waals surface area (Å²) < 4.78 is 0. The highest BCUT2D eigenvalue weighted by molar-refractivity contribution is 7.80. The zero-order valence-corrected chi connectivity index (χ0v) is 16.3. The molecule has 4 nitrogen and oxygen atoms in total. The Balaban J connectivity index is 2.18. The number of aryl methyl sites for hydroxylation is 1. The fraction of sp³-hybridized carbons (Fsp3) is 0.130. The van der Waals surface area contributed by atoms with Crippen LogP contribution < -0.4 is 5.32 Å². The molecule has 3 rings (SSSR count). The van der Waals surface area contributed by atoms with Crippen molar-refractivity contribution < 1.29 is 14.7 Å². The zero-order chi connectivity index (χ0) is 20.1. The van der Waals surface area contributed by atoms with Crippen LogP contribution in [0.5, 0.6) is 0 Å². The van der Waals surface area contributed by atoms with Gasteiger partial charge in [-0.2, -0.15) is 12.6 Å². The number of carbonyl (C=O) groups excluding carboxylic acids is 1. The van der Waals surface area contributed by atoms with E-state index < -0.39 is 12.0 Å². The van der Waals surface area contributed by atoms with Gasteiger partial charge in [-0.05, 0) is 24.1 Å². The van der Waals surface area contributed by atoms with Crippen LogP contribution in [0, 0.1) is 6.92 Å². The van der Waals surface area contributed by atoms with Crippen molar-refractivity contribution in [3.8, 4) is 11.1 Å². The number of thiol groups is 1. The number of anilines is 1. The van der Waals surface area contributed by atoms with E-state index >= 15 is 0 Å². The number of nitrogens with one attached hydrogen (secondary N) is 1. The highest BCUT2D eigenvalue weighted by atomic mass is 32.1. The fourth-order valence-electron chi connectivity index (χ4n) is 3.09. The maximum atomic E-state index is 13.3. The van der Waals surface area contributed by atoms with Crippen LogP contribution in [0.15, 0.2) is 72.8 Å². The van der Waals surface area contributed by atoms with Gasteiger partial charge < -0.3 is 10.4 Å². The SMILES string of the molecule is Cc1ccccc1C(=O)c1cccc(-c2ccccc2)c1NC(CS)C(=O)O. The molecule has 0 aliphatic carbocycles. The second-order valence-electron chi connectivity index (χ2n) is 6.46. The average Bonchev–Trinajstić information content (AvgIpc) is 2.72. The van der Waals surface area contributed by atoms with Crippen molar-refractivity contribution in [3.05, 3.63) is 89.5 Å². The van der Waals surface area contributed by atoms with Gasteiger partial charge in [0, 0.05) is 22.4 Å². The summed E-state index contributed by atoms with van der Waals surface area (Å²) in [5.41, 5.74) is 4.06. The van der Waals surface area contributed by atoms with Crippen LogP contribution in [0.2, 0.25) is 0 Å². The van der Waals surface area contributed by atoms with Crippen molar-refractivity contribution in [2.24, 2.45) is 0 Å². The molecule has 0 saturated heterocycles. The fourth-order valence-corrected chi connectivity index (χ4v) is 3.34. The number of carboxylic acid groups (broad SMARTS) is 1. The summed E-state index contributed by atoms with van der Waals surface area (Å²) in [7, 11) is 0. The molecule has 3 aromatic rings. The third kappa shape index (κ3) is 4.10. The quantitative estimate of drug-likeness (QED) is 0.404. The van der Waals surface area contributed by atoms with E-state index in [1.165, 1.54) is 0 Å². The topological polar surface area (TPSA) is 66.4 Å². The highest BCUT2D eigenvalue weighted by Gasteiger charge is 2.23. The van der Waals surface area contributed by atoms with Gasteiger partial charge >= 0.3 is 5.97 Å². The lowest BCUT2D eigenvalue weighted by Crippen LogP contribution is -2.32. The third-order valence-corrected chi connectivity index (χ3v) is 4.95. The van der Waals surface area contributed by atoms with Crippen LogP contribution in [0.3, 0.4) is 0 Å². The molecule has 0 amide bonds. The molecule has 0 fully saturated rings. The van der Waals surface area contributed by atoms with Gasteiger partial charge in [0.25, 0.3) is 0 Å². The Kier molecular flexibility index (Phi) is 6.16. The Morgan fingerprint density at radius 3 is 2.21 bits per heavy atom. The molecular formula is C23H21NO3S. The van der Waals surface area contributed by atoms with E-state index in [0.717, 1.165) is 16.7 Å². The van der Waals surface area contributed by atoms with Crippen LogP contribution in [-0.2, 0) is 4.79 Å². The van der Waals surface area contributed by atoms with Crippen molar-refractivity contribution in [2.45, 2.75) is 13.0 Å². The van der Waals surface area contributed by atoms with Gasteiger partial charge in [-0.25, -0.2) is 4.79 Å². The first-order valence-corrected chi connectivity index (χ1v) is 9.55. The van der Waals surface area contributed by atoms with Crippen LogP contribution in [0.4, 0.5) is 5.69 Å². The molecule has 2 N–H and O–H groups in total. The Bertz CT molecular complexity index is 1000. The van der Waals surface area contributed by atoms with Gasteiger partial charge in [-0.15, -0.1) is 0 Å². The smallest absolute Gasteiger partial charge is 0.326 e. The molecular weight excluding hydrogens is 370 g/mol. The maximum absolute atomic E-state index is 13.3. The van der Waals surface area contributed by atoms with E-state index in [9.17, 15) is 14.7 Å². The van der Waals surface area contributed by atoms with Crippen LogP contribution >= 0.6 is 12.6 Å². The number of hydrogen-bond donors (Lipinski definition) is 3. The van der Waals surface area contributed by atoms with Crippen LogP contribution in [-0.4, -0.2) is 28.7 Å². The number of carbonyl (C=O) groups is 2. The molecule has 0 saturated carbocycles. The summed E-state index contributed by atoms with van der Waals surface area (Å²) in [4.78, 5) is 24.9. The third-order valence-electron chi connectivity index (χ3n) is 4.58. The van der Waals surface area contributed by atoms with E-state index in [-0.39, 0.29) is 11.5 Å². The number of carboxylic acids is 1. The maximum Gasteiger partial charge on any atom is 0.326 e. The minimum absolute atomic E-state index is 0.0937. The van der Waals surface area contributed by atoms with Crippen LogP contribution in [0.25, 0.3) is 11.1 Å². The van der Waals surface area contributed by atoms with Gasteiger partial charge in [0.2, 0.25) is 0 Å². The molecule has 0 heterocycles. The molecule has 28 heavy (non-hydrogen) atoms. The number of hydrogen-bond acceptors (Lipinski definition) is 4. The first kappa shape index (κ1) is 19.7. The number of para-hydroxylation sites is 1. The normalized spacial score (nSPS) is 11.6. The number of aliphatic carboxylic acids is 1. The molecule has 0 bridgehead atoms. The van der Waals surface area contributed by atoms with Crippen molar-refractivity contribution in [2.75, 3.05) is 11.1 Å². The first-order chi connectivity index (χ1) is 13.5. The van der Waals surface area contributed by atoms with Gasteiger partial charge in [0.15, 0.2) is 5.78 Å². The van der Waals surface area contributed by atoms with E-state index in [1.54, 1.807) is 12.1 Å². The molecule has 0 aliphatic rings. The molecule has 1 atom stereocenters. The zero-order valence-electron chi connectivity index (χ0n) is 15.4. The monoisotopic (exact) mass is 391 g/mol. The predicted molar refractivity (Wildman–Crippen MR) is 115 cm³/mol. The lowest BCUT2D eigenvalue weighted by molar-refractivity contribution is -0.137. The Morgan fingerprint density at radius 2 is 1.57 bits per heavy atom. The van der Waals surface area contributed by atoms with Crippen molar-refractivity contribution >= 4 is 30.1 Å². The van der Waals surface area contributed by atoms with Gasteiger partial charge in [-0.3, -0.25) is 4.79 Å². The number of rotatable bonds is 7. The van der Waals surface area contributed by atoms with Gasteiger partial charge in [0.05, 0.1) is 5.69 Å². The van der Waals surface area contributed by atoms with E-state index in [4.69, 9.17) is 0 Å². The molecule has 0 aliphatic heterocycles. The Hall–Kier alpha value is -3.05. The Labute approximate surface area is 169 Å². The van der Waals surface area contributed by atoms with Crippen molar-refractivity contribution in [1.29, 1.82) is 0 Å². The van der Waals surface area contributed by atoms with Gasteiger partial charge in [0.1, 0.15) is 6.04 Å². The van der Waals surface area contributed by atoms with Gasteiger partial charge in [-0.1, -0.05) is 66.7 Å². The number of ketones is 1. The Morgan fingerprint density at radius 1 is 0.929 bits per heavy atom. The highest BCUT2D eigenvalue weighted by Crippen LogP contribution is 2.33. The summed E-state index contributed by atoms with van der Waals surface area (Å²) in [6.07, 6.45) is 0. The van der Waals surface area contributed by atoms with E-state index in [0.29, 0.717) is 16.8 Å². The molecule has 1 unspecified atom stereocenters. The van der Waals surface area contributed by atoms with Crippen molar-refractivity contribution in [3.63, 3.8) is 0 Å². The average molecular weight is 391 g/mol. The summed E-state index contributed by atoms with van der Waals surface area (Å²) in [5.74, 6) is -1.08. The standard InChI is InChI=1S/C23H21NO3S/c1-15-8-5-6-11-17(15)22(25)19-13-7-12-18(16-9-3-2-4-10-16)21(19)24-20(14-28)23(26)27/h2-13,20,24,28H,14H2,1H3,(H,26,27). The van der Waals surface area contributed by atoms with E-state index in [1.807, 2.05) is 67.6 Å².